The van der Waals surface area contributed by atoms with Crippen molar-refractivity contribution >= 4 is 16.8 Å². The fourth-order valence-corrected chi connectivity index (χ4v) is 2.51. The van der Waals surface area contributed by atoms with Crippen molar-refractivity contribution in [2.75, 3.05) is 6.54 Å². The number of amides is 1. The highest BCUT2D eigenvalue weighted by atomic mass is 19.1. The predicted octanol–water partition coefficient (Wildman–Crippen LogP) is 4.35. The first-order chi connectivity index (χ1) is 12.2. The van der Waals surface area contributed by atoms with Crippen molar-refractivity contribution in [2.45, 2.75) is 20.8 Å². The van der Waals surface area contributed by atoms with Crippen molar-refractivity contribution in [3.05, 3.63) is 60.1 Å². The quantitative estimate of drug-likeness (QED) is 0.760. The first-order valence-corrected chi connectivity index (χ1v) is 8.23. The van der Waals surface area contributed by atoms with E-state index in [-0.39, 0.29) is 22.6 Å². The molecule has 6 heteroatoms. The van der Waals surface area contributed by atoms with E-state index in [1.807, 2.05) is 20.8 Å². The molecular formula is C20H19F2N3O. The summed E-state index contributed by atoms with van der Waals surface area (Å²) in [6, 6.07) is 6.65. The zero-order valence-electron chi connectivity index (χ0n) is 14.8. The van der Waals surface area contributed by atoms with Gasteiger partial charge in [-0.25, -0.2) is 13.8 Å². The second-order valence-corrected chi connectivity index (χ2v) is 7.32. The number of carbonyl (C=O) groups excluding carboxylic acids is 1. The van der Waals surface area contributed by atoms with E-state index >= 15 is 0 Å². The van der Waals surface area contributed by atoms with Gasteiger partial charge in [-0.15, -0.1) is 0 Å². The molecule has 134 valence electrons. The van der Waals surface area contributed by atoms with E-state index in [4.69, 9.17) is 0 Å². The van der Waals surface area contributed by atoms with E-state index in [0.717, 1.165) is 6.07 Å². The van der Waals surface area contributed by atoms with Crippen molar-refractivity contribution in [3.8, 4) is 11.1 Å². The Kier molecular flexibility index (Phi) is 4.68. The van der Waals surface area contributed by atoms with Gasteiger partial charge >= 0.3 is 0 Å². The van der Waals surface area contributed by atoms with Crippen LogP contribution in [-0.2, 0) is 0 Å². The number of hydrogen-bond acceptors (Lipinski definition) is 3. The van der Waals surface area contributed by atoms with E-state index in [0.29, 0.717) is 23.0 Å². The maximum Gasteiger partial charge on any atom is 0.269 e. The number of rotatable bonds is 3. The molecular weight excluding hydrogens is 336 g/mol. The molecule has 0 spiro atoms. The third-order valence-electron chi connectivity index (χ3n) is 3.83. The van der Waals surface area contributed by atoms with Crippen molar-refractivity contribution in [1.29, 1.82) is 0 Å². The van der Waals surface area contributed by atoms with Crippen LogP contribution in [0.2, 0.25) is 0 Å². The summed E-state index contributed by atoms with van der Waals surface area (Å²) in [5, 5.41) is 3.51. The van der Waals surface area contributed by atoms with Crippen molar-refractivity contribution < 1.29 is 13.6 Å². The molecule has 0 aliphatic rings. The van der Waals surface area contributed by atoms with Crippen LogP contribution < -0.4 is 5.32 Å². The molecule has 0 saturated heterocycles. The Balaban J connectivity index is 2.04. The van der Waals surface area contributed by atoms with Gasteiger partial charge in [0, 0.05) is 41.5 Å². The highest BCUT2D eigenvalue weighted by Gasteiger charge is 2.16. The number of nitrogens with one attached hydrogen (secondary N) is 1. The van der Waals surface area contributed by atoms with Gasteiger partial charge in [-0.2, -0.15) is 0 Å². The summed E-state index contributed by atoms with van der Waals surface area (Å²) in [5.74, 6) is -1.66. The van der Waals surface area contributed by atoms with Gasteiger partial charge < -0.3 is 5.32 Å². The van der Waals surface area contributed by atoms with Crippen LogP contribution in [-0.4, -0.2) is 22.4 Å². The van der Waals surface area contributed by atoms with Crippen molar-refractivity contribution in [1.82, 2.24) is 15.3 Å². The molecule has 1 aromatic carbocycles. The molecule has 2 aromatic heterocycles. The van der Waals surface area contributed by atoms with Gasteiger partial charge in [0.05, 0.1) is 5.52 Å². The number of aromatic nitrogens is 2. The first kappa shape index (κ1) is 17.9. The van der Waals surface area contributed by atoms with Crippen molar-refractivity contribution in [2.24, 2.45) is 5.41 Å². The average molecular weight is 355 g/mol. The van der Waals surface area contributed by atoms with Crippen LogP contribution in [0.1, 0.15) is 31.3 Å². The van der Waals surface area contributed by atoms with Crippen LogP contribution in [0.3, 0.4) is 0 Å². The third kappa shape index (κ3) is 3.85. The minimum Gasteiger partial charge on any atom is -0.350 e. The average Bonchev–Trinajstić information content (AvgIpc) is 2.58. The molecule has 0 radical (unpaired) electrons. The summed E-state index contributed by atoms with van der Waals surface area (Å²) in [5.41, 5.74) is 1.21. The van der Waals surface area contributed by atoms with E-state index < -0.39 is 11.6 Å². The molecule has 3 rings (SSSR count). The highest BCUT2D eigenvalue weighted by molar-refractivity contribution is 5.98. The van der Waals surface area contributed by atoms with Gasteiger partial charge in [0.25, 0.3) is 5.91 Å². The summed E-state index contributed by atoms with van der Waals surface area (Å²) in [6.07, 6.45) is 3.05. The van der Waals surface area contributed by atoms with Gasteiger partial charge in [-0.3, -0.25) is 9.78 Å². The van der Waals surface area contributed by atoms with Crippen LogP contribution in [0.15, 0.2) is 42.7 Å². The maximum absolute atomic E-state index is 14.2. The topological polar surface area (TPSA) is 54.9 Å². The number of fused-ring (bicyclic) bond motifs is 1. The summed E-state index contributed by atoms with van der Waals surface area (Å²) in [6.45, 7) is 6.55. The number of pyridine rings is 2. The maximum atomic E-state index is 14.2. The van der Waals surface area contributed by atoms with Gasteiger partial charge in [0.2, 0.25) is 0 Å². The van der Waals surface area contributed by atoms with Crippen LogP contribution >= 0.6 is 0 Å². The summed E-state index contributed by atoms with van der Waals surface area (Å²) in [7, 11) is 0. The minimum atomic E-state index is -0.705. The molecule has 0 aliphatic heterocycles. The van der Waals surface area contributed by atoms with E-state index in [9.17, 15) is 13.6 Å². The normalized spacial score (nSPS) is 11.6. The van der Waals surface area contributed by atoms with Crippen LogP contribution in [0.25, 0.3) is 22.0 Å². The van der Waals surface area contributed by atoms with Crippen molar-refractivity contribution in [3.63, 3.8) is 0 Å². The Bertz CT molecular complexity index is 980. The largest absolute Gasteiger partial charge is 0.350 e. The second-order valence-electron chi connectivity index (χ2n) is 7.32. The highest BCUT2D eigenvalue weighted by Crippen LogP contribution is 2.29. The van der Waals surface area contributed by atoms with E-state index in [1.54, 1.807) is 18.3 Å². The number of benzene rings is 1. The molecule has 26 heavy (non-hydrogen) atoms. The van der Waals surface area contributed by atoms with Gasteiger partial charge in [-0.05, 0) is 29.7 Å². The number of carbonyl (C=O) groups is 1. The zero-order valence-corrected chi connectivity index (χ0v) is 14.8. The molecule has 0 saturated carbocycles. The Morgan fingerprint density at radius 3 is 2.54 bits per heavy atom. The lowest BCUT2D eigenvalue weighted by Crippen LogP contribution is -2.32. The Labute approximate surface area is 150 Å². The monoisotopic (exact) mass is 355 g/mol. The Hall–Kier alpha value is -2.89. The van der Waals surface area contributed by atoms with E-state index in [1.165, 1.54) is 18.3 Å². The number of nitrogens with zero attached hydrogens (tertiary/aromatic N) is 2. The molecule has 1 N–H and O–H groups in total. The zero-order chi connectivity index (χ0) is 18.9. The van der Waals surface area contributed by atoms with Crippen LogP contribution in [0.4, 0.5) is 8.78 Å². The fraction of sp³-hybridized carbons (Fsp3) is 0.250. The third-order valence-corrected chi connectivity index (χ3v) is 3.83. The predicted molar refractivity (Wildman–Crippen MR) is 96.7 cm³/mol. The lowest BCUT2D eigenvalue weighted by Gasteiger charge is -2.18. The van der Waals surface area contributed by atoms with Gasteiger partial charge in [0.1, 0.15) is 17.3 Å². The lowest BCUT2D eigenvalue weighted by molar-refractivity contribution is 0.0934. The molecule has 1 amide bonds. The van der Waals surface area contributed by atoms with Crippen LogP contribution in [0, 0.1) is 17.0 Å². The molecule has 0 atom stereocenters. The van der Waals surface area contributed by atoms with E-state index in [2.05, 4.69) is 15.3 Å². The second kappa shape index (κ2) is 6.78. The molecule has 0 bridgehead atoms. The molecule has 0 unspecified atom stereocenters. The summed E-state index contributed by atoms with van der Waals surface area (Å²) < 4.78 is 27.4. The Morgan fingerprint density at radius 1 is 1.08 bits per heavy atom. The Morgan fingerprint density at radius 2 is 1.85 bits per heavy atom. The molecule has 4 nitrogen and oxygen atoms in total. The standard InChI is InChI=1S/C20H19F2N3O/c1-20(2,3)11-24-19(26)17-7-4-12-9-23-10-15(18(12)25-17)14-6-5-13(21)8-16(14)22/h4-10H,11H2,1-3H3,(H,24,26). The van der Waals surface area contributed by atoms with Gasteiger partial charge in [-0.1, -0.05) is 20.8 Å². The number of hydrogen-bond donors (Lipinski definition) is 1. The smallest absolute Gasteiger partial charge is 0.269 e. The molecule has 0 fully saturated rings. The molecule has 2 heterocycles. The number of halogens is 2. The van der Waals surface area contributed by atoms with Crippen LogP contribution in [0.5, 0.6) is 0 Å². The molecule has 0 aliphatic carbocycles. The summed E-state index contributed by atoms with van der Waals surface area (Å²) in [4.78, 5) is 20.9. The molecule has 3 aromatic rings. The fourth-order valence-electron chi connectivity index (χ4n) is 2.51. The lowest BCUT2D eigenvalue weighted by atomic mass is 9.97. The SMILES string of the molecule is CC(C)(C)CNC(=O)c1ccc2cncc(-c3ccc(F)cc3F)c2n1. The summed E-state index contributed by atoms with van der Waals surface area (Å²) >= 11 is 0. The minimum absolute atomic E-state index is 0.0567. The first-order valence-electron chi connectivity index (χ1n) is 8.23. The van der Waals surface area contributed by atoms with Gasteiger partial charge in [0.15, 0.2) is 0 Å².